The van der Waals surface area contributed by atoms with Gasteiger partial charge in [0.1, 0.15) is 11.5 Å². The van der Waals surface area contributed by atoms with Crippen molar-refractivity contribution in [1.29, 1.82) is 0 Å². The maximum absolute atomic E-state index is 12.1. The predicted molar refractivity (Wildman–Crippen MR) is 96.8 cm³/mol. The number of anilines is 1. The molecule has 0 fully saturated rings. The molecule has 0 aliphatic heterocycles. The molecule has 1 atom stereocenters. The zero-order valence-corrected chi connectivity index (χ0v) is 15.4. The van der Waals surface area contributed by atoms with Gasteiger partial charge >= 0.3 is 5.97 Å². The first kappa shape index (κ1) is 18.8. The van der Waals surface area contributed by atoms with Crippen molar-refractivity contribution in [1.82, 2.24) is 0 Å². The van der Waals surface area contributed by atoms with Gasteiger partial charge in [0.2, 0.25) is 0 Å². The van der Waals surface area contributed by atoms with E-state index in [2.05, 4.69) is 21.2 Å². The lowest BCUT2D eigenvalue weighted by molar-refractivity contribution is -0.155. The van der Waals surface area contributed by atoms with Crippen LogP contribution < -0.4 is 14.8 Å². The van der Waals surface area contributed by atoms with E-state index in [0.29, 0.717) is 17.2 Å². The molecule has 6 nitrogen and oxygen atoms in total. The van der Waals surface area contributed by atoms with Gasteiger partial charge in [-0.25, -0.2) is 4.79 Å². The van der Waals surface area contributed by atoms with E-state index in [4.69, 9.17) is 14.2 Å². The minimum atomic E-state index is -0.967. The van der Waals surface area contributed by atoms with E-state index in [1.165, 1.54) is 14.0 Å². The Morgan fingerprint density at radius 2 is 1.80 bits per heavy atom. The summed E-state index contributed by atoms with van der Waals surface area (Å²) in [4.78, 5) is 24.0. The van der Waals surface area contributed by atoms with Crippen LogP contribution in [-0.4, -0.2) is 31.7 Å². The second-order valence-electron chi connectivity index (χ2n) is 5.06. The van der Waals surface area contributed by atoms with Crippen LogP contribution in [0.25, 0.3) is 0 Å². The quantitative estimate of drug-likeness (QED) is 0.711. The number of ether oxygens (including phenoxy) is 3. The third-order valence-electron chi connectivity index (χ3n) is 3.21. The molecular weight excluding hydrogens is 390 g/mol. The Morgan fingerprint density at radius 1 is 1.12 bits per heavy atom. The number of para-hydroxylation sites is 2. The first-order valence-corrected chi connectivity index (χ1v) is 8.30. The van der Waals surface area contributed by atoms with Crippen molar-refractivity contribution in [2.24, 2.45) is 0 Å². The Labute approximate surface area is 154 Å². The second kappa shape index (κ2) is 9.08. The number of halogens is 1. The monoisotopic (exact) mass is 407 g/mol. The summed E-state index contributed by atoms with van der Waals surface area (Å²) in [6.07, 6.45) is -0.967. The molecule has 1 N–H and O–H groups in total. The Hall–Kier alpha value is -2.54. The van der Waals surface area contributed by atoms with Crippen molar-refractivity contribution in [3.8, 4) is 11.5 Å². The van der Waals surface area contributed by atoms with Crippen molar-refractivity contribution < 1.29 is 23.8 Å². The van der Waals surface area contributed by atoms with Gasteiger partial charge in [0.15, 0.2) is 12.7 Å². The Bertz CT molecular complexity index is 733. The summed E-state index contributed by atoms with van der Waals surface area (Å²) >= 11 is 3.31. The molecule has 0 saturated carbocycles. The van der Waals surface area contributed by atoms with Gasteiger partial charge in [-0.3, -0.25) is 4.79 Å². The lowest BCUT2D eigenvalue weighted by Crippen LogP contribution is -2.31. The first-order valence-electron chi connectivity index (χ1n) is 7.51. The van der Waals surface area contributed by atoms with Crippen molar-refractivity contribution >= 4 is 33.5 Å². The number of hydrogen-bond acceptors (Lipinski definition) is 5. The molecule has 0 radical (unpaired) electrons. The van der Waals surface area contributed by atoms with Crippen LogP contribution in [-0.2, 0) is 14.3 Å². The van der Waals surface area contributed by atoms with E-state index >= 15 is 0 Å². The second-order valence-corrected chi connectivity index (χ2v) is 5.98. The van der Waals surface area contributed by atoms with Crippen LogP contribution in [0.4, 0.5) is 5.69 Å². The number of amides is 1. The summed E-state index contributed by atoms with van der Waals surface area (Å²) in [7, 11) is 1.51. The number of nitrogens with one attached hydrogen (secondary N) is 1. The minimum absolute atomic E-state index is 0.284. The molecule has 0 unspecified atom stereocenters. The van der Waals surface area contributed by atoms with Crippen LogP contribution in [0.5, 0.6) is 11.5 Å². The Morgan fingerprint density at radius 3 is 2.48 bits per heavy atom. The lowest BCUT2D eigenvalue weighted by Gasteiger charge is -2.15. The van der Waals surface area contributed by atoms with Crippen molar-refractivity contribution in [2.75, 3.05) is 19.0 Å². The summed E-state index contributed by atoms with van der Waals surface area (Å²) in [5.41, 5.74) is 0.504. The molecule has 2 rings (SSSR count). The highest BCUT2D eigenvalue weighted by molar-refractivity contribution is 9.10. The van der Waals surface area contributed by atoms with Gasteiger partial charge in [-0.15, -0.1) is 0 Å². The zero-order valence-electron chi connectivity index (χ0n) is 13.8. The highest BCUT2D eigenvalue weighted by atomic mass is 79.9. The largest absolute Gasteiger partial charge is 0.495 e. The van der Waals surface area contributed by atoms with E-state index in [-0.39, 0.29) is 6.61 Å². The molecule has 0 heterocycles. The van der Waals surface area contributed by atoms with Crippen LogP contribution in [0, 0.1) is 0 Å². The molecule has 0 spiro atoms. The van der Waals surface area contributed by atoms with Gasteiger partial charge in [0, 0.05) is 4.47 Å². The molecule has 0 aromatic heterocycles. The van der Waals surface area contributed by atoms with Gasteiger partial charge in [-0.2, -0.15) is 0 Å². The number of carbonyl (C=O) groups is 2. The van der Waals surface area contributed by atoms with Gasteiger partial charge in [-0.1, -0.05) is 28.1 Å². The summed E-state index contributed by atoms with van der Waals surface area (Å²) < 4.78 is 16.5. The fourth-order valence-electron chi connectivity index (χ4n) is 1.94. The van der Waals surface area contributed by atoms with Crippen LogP contribution in [0.2, 0.25) is 0 Å². The molecule has 25 heavy (non-hydrogen) atoms. The van der Waals surface area contributed by atoms with Crippen molar-refractivity contribution in [3.63, 3.8) is 0 Å². The van der Waals surface area contributed by atoms with Crippen LogP contribution >= 0.6 is 15.9 Å². The van der Waals surface area contributed by atoms with Crippen molar-refractivity contribution in [2.45, 2.75) is 13.0 Å². The van der Waals surface area contributed by atoms with E-state index in [1.54, 1.807) is 48.5 Å². The van der Waals surface area contributed by atoms with Crippen molar-refractivity contribution in [3.05, 3.63) is 53.0 Å². The molecule has 2 aromatic carbocycles. The van der Waals surface area contributed by atoms with Crippen LogP contribution in [0.1, 0.15) is 6.92 Å². The van der Waals surface area contributed by atoms with E-state index in [9.17, 15) is 9.59 Å². The summed E-state index contributed by atoms with van der Waals surface area (Å²) in [6.45, 7) is 1.20. The number of rotatable bonds is 7. The standard InChI is InChI=1S/C18H18BrNO5/c1-12(18(22)20-15-5-3-4-6-16(15)23-2)25-17(21)11-24-14-9-7-13(19)8-10-14/h3-10,12H,11H2,1-2H3,(H,20,22)/t12-/m0/s1. The molecule has 7 heteroatoms. The molecule has 0 aliphatic carbocycles. The first-order chi connectivity index (χ1) is 12.0. The summed E-state index contributed by atoms with van der Waals surface area (Å²) in [6, 6.07) is 14.0. The fourth-order valence-corrected chi connectivity index (χ4v) is 2.20. The maximum Gasteiger partial charge on any atom is 0.344 e. The van der Waals surface area contributed by atoms with E-state index in [0.717, 1.165) is 4.47 Å². The molecule has 2 aromatic rings. The Kier molecular flexibility index (Phi) is 6.82. The SMILES string of the molecule is COc1ccccc1NC(=O)[C@H](C)OC(=O)COc1ccc(Br)cc1. The topological polar surface area (TPSA) is 73.9 Å². The van der Waals surface area contributed by atoms with Gasteiger partial charge in [0.05, 0.1) is 12.8 Å². The average Bonchev–Trinajstić information content (AvgIpc) is 2.61. The molecule has 0 bridgehead atoms. The molecule has 132 valence electrons. The van der Waals surface area contributed by atoms with E-state index in [1.807, 2.05) is 0 Å². The minimum Gasteiger partial charge on any atom is -0.495 e. The zero-order chi connectivity index (χ0) is 18.2. The van der Waals surface area contributed by atoms with E-state index < -0.39 is 18.0 Å². The molecule has 1 amide bonds. The number of esters is 1. The third kappa shape index (κ3) is 5.79. The smallest absolute Gasteiger partial charge is 0.344 e. The predicted octanol–water partition coefficient (Wildman–Crippen LogP) is 3.41. The third-order valence-corrected chi connectivity index (χ3v) is 3.74. The van der Waals surface area contributed by atoms with Gasteiger partial charge in [0.25, 0.3) is 5.91 Å². The number of carbonyl (C=O) groups excluding carboxylic acids is 2. The highest BCUT2D eigenvalue weighted by Gasteiger charge is 2.19. The molecule has 0 aliphatic rings. The molecular formula is C18H18BrNO5. The number of benzene rings is 2. The number of hydrogen-bond donors (Lipinski definition) is 1. The molecule has 0 saturated heterocycles. The van der Waals surface area contributed by atoms with Gasteiger partial charge < -0.3 is 19.5 Å². The van der Waals surface area contributed by atoms with Gasteiger partial charge in [-0.05, 0) is 43.3 Å². The summed E-state index contributed by atoms with van der Waals surface area (Å²) in [5.74, 6) is -0.0358. The Balaban J connectivity index is 1.83. The van der Waals surface area contributed by atoms with Crippen LogP contribution in [0.15, 0.2) is 53.0 Å². The normalized spacial score (nSPS) is 11.3. The number of methoxy groups -OCH3 is 1. The van der Waals surface area contributed by atoms with Crippen LogP contribution in [0.3, 0.4) is 0 Å². The maximum atomic E-state index is 12.1. The average molecular weight is 408 g/mol. The fraction of sp³-hybridized carbons (Fsp3) is 0.222. The highest BCUT2D eigenvalue weighted by Crippen LogP contribution is 2.23. The summed E-state index contributed by atoms with van der Waals surface area (Å²) in [5, 5.41) is 2.66. The lowest BCUT2D eigenvalue weighted by atomic mass is 10.2.